The average molecular weight is 461 g/mol. The van der Waals surface area contributed by atoms with Crippen LogP contribution in [0.25, 0.3) is 0 Å². The highest BCUT2D eigenvalue weighted by Crippen LogP contribution is 2.26. The number of rotatable bonds is 10. The maximum Gasteiger partial charge on any atom is 0.260 e. The van der Waals surface area contributed by atoms with Crippen LogP contribution in [0.2, 0.25) is 10.0 Å². The van der Waals surface area contributed by atoms with Gasteiger partial charge in [-0.1, -0.05) is 35.3 Å². The molecule has 0 bridgehead atoms. The van der Waals surface area contributed by atoms with Crippen molar-refractivity contribution in [3.63, 3.8) is 0 Å². The molecule has 1 aromatic heterocycles. The van der Waals surface area contributed by atoms with E-state index in [0.29, 0.717) is 59.4 Å². The molecule has 6 nitrogen and oxygen atoms in total. The molecule has 0 fully saturated rings. The number of halogens is 2. The van der Waals surface area contributed by atoms with Gasteiger partial charge in [-0.05, 0) is 55.0 Å². The maximum atomic E-state index is 12.9. The van der Waals surface area contributed by atoms with E-state index in [2.05, 4.69) is 10.3 Å². The summed E-state index contributed by atoms with van der Waals surface area (Å²) in [5.41, 5.74) is 1.22. The first-order valence-corrected chi connectivity index (χ1v) is 10.5. The summed E-state index contributed by atoms with van der Waals surface area (Å²) in [4.78, 5) is 17.0. The number of pyridine rings is 1. The number of benzene rings is 2. The first-order chi connectivity index (χ1) is 15.0. The second-order valence-electron chi connectivity index (χ2n) is 6.44. The molecule has 0 saturated heterocycles. The number of anilines is 1. The fraction of sp³-hybridized carbons (Fsp3) is 0.217. The molecule has 0 spiro atoms. The van der Waals surface area contributed by atoms with Gasteiger partial charge < -0.3 is 19.5 Å². The van der Waals surface area contributed by atoms with Gasteiger partial charge in [-0.25, -0.2) is 4.98 Å². The number of hydrogen-bond donors (Lipinski definition) is 1. The maximum absolute atomic E-state index is 12.9. The number of nitrogens with zero attached hydrogens (tertiary/aromatic N) is 1. The van der Waals surface area contributed by atoms with Gasteiger partial charge in [0.25, 0.3) is 5.91 Å². The van der Waals surface area contributed by atoms with Gasteiger partial charge in [-0.15, -0.1) is 0 Å². The van der Waals surface area contributed by atoms with Crippen molar-refractivity contribution < 1.29 is 19.0 Å². The third kappa shape index (κ3) is 7.14. The van der Waals surface area contributed by atoms with Crippen LogP contribution in [0.3, 0.4) is 0 Å². The zero-order chi connectivity index (χ0) is 22.1. The van der Waals surface area contributed by atoms with Crippen LogP contribution in [0, 0.1) is 0 Å². The summed E-state index contributed by atoms with van der Waals surface area (Å²) in [5, 5.41) is 3.83. The minimum atomic E-state index is -0.394. The van der Waals surface area contributed by atoms with E-state index >= 15 is 0 Å². The molecular weight excluding hydrogens is 439 g/mol. The van der Waals surface area contributed by atoms with Gasteiger partial charge in [0.1, 0.15) is 30.5 Å². The second kappa shape index (κ2) is 11.6. The van der Waals surface area contributed by atoms with E-state index in [0.717, 1.165) is 5.56 Å². The second-order valence-corrected chi connectivity index (χ2v) is 7.31. The molecule has 3 aromatic rings. The highest BCUT2D eigenvalue weighted by atomic mass is 35.5. The van der Waals surface area contributed by atoms with E-state index in [-0.39, 0.29) is 0 Å². The number of nitrogens with one attached hydrogen (secondary N) is 1. The van der Waals surface area contributed by atoms with E-state index in [1.165, 1.54) is 6.20 Å². The summed E-state index contributed by atoms with van der Waals surface area (Å²) in [6, 6.07) is 15.6. The summed E-state index contributed by atoms with van der Waals surface area (Å²) in [6.07, 6.45) is 1.52. The average Bonchev–Trinajstić information content (AvgIpc) is 2.76. The van der Waals surface area contributed by atoms with Crippen LogP contribution in [0.5, 0.6) is 11.5 Å². The highest BCUT2D eigenvalue weighted by Gasteiger charge is 2.16. The Morgan fingerprint density at radius 2 is 1.84 bits per heavy atom. The molecule has 0 aliphatic carbocycles. The lowest BCUT2D eigenvalue weighted by Gasteiger charge is -2.14. The molecule has 1 amide bonds. The zero-order valence-electron chi connectivity index (χ0n) is 16.9. The van der Waals surface area contributed by atoms with Crippen molar-refractivity contribution in [3.05, 3.63) is 82.0 Å². The Hall–Kier alpha value is -2.80. The fourth-order valence-corrected chi connectivity index (χ4v) is 3.08. The molecule has 2 aromatic carbocycles. The smallest absolute Gasteiger partial charge is 0.260 e. The van der Waals surface area contributed by atoms with Gasteiger partial charge in [-0.3, -0.25) is 4.79 Å². The van der Waals surface area contributed by atoms with E-state index < -0.39 is 5.91 Å². The predicted octanol–water partition coefficient (Wildman–Crippen LogP) is 5.64. The van der Waals surface area contributed by atoms with E-state index in [4.69, 9.17) is 37.4 Å². The van der Waals surface area contributed by atoms with Crippen LogP contribution in [0.1, 0.15) is 22.8 Å². The molecule has 0 radical (unpaired) electrons. The molecule has 31 heavy (non-hydrogen) atoms. The quantitative estimate of drug-likeness (QED) is 0.396. The third-order valence-corrected chi connectivity index (χ3v) is 4.61. The van der Waals surface area contributed by atoms with Gasteiger partial charge in [-0.2, -0.15) is 0 Å². The van der Waals surface area contributed by atoms with Crippen LogP contribution < -0.4 is 14.8 Å². The molecular formula is C23H22Cl2N2O4. The Morgan fingerprint density at radius 1 is 1.00 bits per heavy atom. The Balaban J connectivity index is 1.77. The highest BCUT2D eigenvalue weighted by molar-refractivity contribution is 6.31. The Bertz CT molecular complexity index is 1030. The van der Waals surface area contributed by atoms with E-state index in [9.17, 15) is 4.79 Å². The molecule has 0 saturated carbocycles. The molecule has 1 heterocycles. The Morgan fingerprint density at radius 3 is 2.61 bits per heavy atom. The van der Waals surface area contributed by atoms with Gasteiger partial charge in [0.15, 0.2) is 0 Å². The molecule has 1 N–H and O–H groups in total. The fourth-order valence-electron chi connectivity index (χ4n) is 2.71. The number of carbonyl (C=O) groups is 1. The lowest BCUT2D eigenvalue weighted by molar-refractivity contribution is 0.0997. The predicted molar refractivity (Wildman–Crippen MR) is 121 cm³/mol. The summed E-state index contributed by atoms with van der Waals surface area (Å²) in [6.45, 7) is 3.53. The van der Waals surface area contributed by atoms with Crippen LogP contribution in [-0.2, 0) is 11.3 Å². The first-order valence-electron chi connectivity index (χ1n) is 9.70. The van der Waals surface area contributed by atoms with Crippen molar-refractivity contribution in [2.45, 2.75) is 13.5 Å². The van der Waals surface area contributed by atoms with Gasteiger partial charge in [0.2, 0.25) is 0 Å². The van der Waals surface area contributed by atoms with Crippen molar-refractivity contribution in [3.8, 4) is 11.5 Å². The van der Waals surface area contributed by atoms with Gasteiger partial charge in [0, 0.05) is 22.8 Å². The Labute approximate surface area is 191 Å². The normalized spacial score (nSPS) is 10.5. The van der Waals surface area contributed by atoms with Crippen molar-refractivity contribution >= 4 is 34.9 Å². The monoisotopic (exact) mass is 460 g/mol. The number of carbonyl (C=O) groups excluding carboxylic acids is 1. The minimum absolute atomic E-state index is 0.307. The molecule has 0 unspecified atom stereocenters. The summed E-state index contributed by atoms with van der Waals surface area (Å²) < 4.78 is 16.9. The number of aromatic nitrogens is 1. The number of amides is 1. The number of ether oxygens (including phenoxy) is 3. The van der Waals surface area contributed by atoms with Crippen molar-refractivity contribution in [2.75, 3.05) is 25.1 Å². The lowest BCUT2D eigenvalue weighted by atomic mass is 10.1. The number of hydrogen-bond acceptors (Lipinski definition) is 5. The molecule has 0 aliphatic heterocycles. The van der Waals surface area contributed by atoms with Crippen molar-refractivity contribution in [1.29, 1.82) is 0 Å². The van der Waals surface area contributed by atoms with E-state index in [1.54, 1.807) is 36.4 Å². The SMILES string of the molecule is CCOCCOc1ccc(OCc2cccc(Cl)c2)cc1C(=O)Nc1cc(Cl)ccn1. The molecule has 0 aliphatic rings. The van der Waals surface area contributed by atoms with Gasteiger partial charge >= 0.3 is 0 Å². The minimum Gasteiger partial charge on any atom is -0.490 e. The van der Waals surface area contributed by atoms with Crippen molar-refractivity contribution in [1.82, 2.24) is 4.98 Å². The third-order valence-electron chi connectivity index (χ3n) is 4.14. The summed E-state index contributed by atoms with van der Waals surface area (Å²) >= 11 is 12.0. The molecule has 0 atom stereocenters. The standard InChI is InChI=1S/C23H22Cl2N2O4/c1-2-29-10-11-30-21-7-6-19(31-15-16-4-3-5-17(24)12-16)14-20(21)23(28)27-22-13-18(25)8-9-26-22/h3-9,12-14H,2,10-11,15H2,1H3,(H,26,27,28). The lowest BCUT2D eigenvalue weighted by Crippen LogP contribution is -2.16. The van der Waals surface area contributed by atoms with Crippen LogP contribution in [0.4, 0.5) is 5.82 Å². The Kier molecular flexibility index (Phi) is 8.53. The van der Waals surface area contributed by atoms with Crippen LogP contribution >= 0.6 is 23.2 Å². The molecule has 8 heteroatoms. The zero-order valence-corrected chi connectivity index (χ0v) is 18.4. The van der Waals surface area contributed by atoms with Gasteiger partial charge in [0.05, 0.1) is 12.2 Å². The first kappa shape index (κ1) is 22.9. The molecule has 162 valence electrons. The summed E-state index contributed by atoms with van der Waals surface area (Å²) in [7, 11) is 0. The topological polar surface area (TPSA) is 69.7 Å². The van der Waals surface area contributed by atoms with Crippen LogP contribution in [-0.4, -0.2) is 30.7 Å². The summed E-state index contributed by atoms with van der Waals surface area (Å²) in [5.74, 6) is 0.869. The van der Waals surface area contributed by atoms with E-state index in [1.807, 2.05) is 25.1 Å². The van der Waals surface area contributed by atoms with Crippen molar-refractivity contribution in [2.24, 2.45) is 0 Å². The molecule has 3 rings (SSSR count). The largest absolute Gasteiger partial charge is 0.490 e. The van der Waals surface area contributed by atoms with Crippen LogP contribution in [0.15, 0.2) is 60.8 Å².